The smallest absolute Gasteiger partial charge is 0.332 e. The molecule has 0 spiro atoms. The summed E-state index contributed by atoms with van der Waals surface area (Å²) in [7, 11) is 3.46. The van der Waals surface area contributed by atoms with Gasteiger partial charge in [0.1, 0.15) is 0 Å². The molecule has 170 valence electrons. The molecule has 0 amide bonds. The van der Waals surface area contributed by atoms with E-state index in [4.69, 9.17) is 5.73 Å². The number of aromatic nitrogens is 6. The maximum Gasteiger partial charge on any atom is 0.332 e. The van der Waals surface area contributed by atoms with Crippen molar-refractivity contribution in [1.29, 1.82) is 0 Å². The number of likely N-dealkylation sites (N-methyl/N-ethyl adjacent to an activating group) is 1. The van der Waals surface area contributed by atoms with Crippen LogP contribution in [-0.4, -0.2) is 48.3 Å². The van der Waals surface area contributed by atoms with E-state index in [2.05, 4.69) is 26.8 Å². The number of aryl methyl sites for hydroxylation is 1. The topological polar surface area (TPSA) is 117 Å². The number of rotatable bonds is 6. The van der Waals surface area contributed by atoms with Crippen molar-refractivity contribution in [3.05, 3.63) is 57.1 Å². The van der Waals surface area contributed by atoms with Crippen LogP contribution in [-0.2, 0) is 20.1 Å². The van der Waals surface area contributed by atoms with Gasteiger partial charge >= 0.3 is 5.69 Å². The summed E-state index contributed by atoms with van der Waals surface area (Å²) in [5.41, 5.74) is 7.01. The van der Waals surface area contributed by atoms with E-state index in [1.807, 2.05) is 24.9 Å². The van der Waals surface area contributed by atoms with Crippen molar-refractivity contribution < 1.29 is 0 Å². The highest BCUT2D eigenvalue weighted by Crippen LogP contribution is 2.19. The molecule has 0 aliphatic rings. The molecule has 0 aliphatic carbocycles. The van der Waals surface area contributed by atoms with E-state index in [0.29, 0.717) is 29.4 Å². The van der Waals surface area contributed by atoms with Crippen LogP contribution in [0.1, 0.15) is 19.5 Å². The van der Waals surface area contributed by atoms with E-state index >= 15 is 0 Å². The van der Waals surface area contributed by atoms with Crippen LogP contribution >= 0.6 is 0 Å². The van der Waals surface area contributed by atoms with Gasteiger partial charge in [0, 0.05) is 44.5 Å². The molecule has 10 nitrogen and oxygen atoms in total. The molecule has 4 aromatic heterocycles. The van der Waals surface area contributed by atoms with Crippen molar-refractivity contribution in [3.63, 3.8) is 0 Å². The number of imidazole rings is 1. The summed E-state index contributed by atoms with van der Waals surface area (Å²) in [6.45, 7) is 4.43. The van der Waals surface area contributed by atoms with Crippen molar-refractivity contribution in [3.8, 4) is 11.8 Å². The largest absolute Gasteiger partial charge is 0.344 e. The molecule has 4 aromatic rings. The minimum Gasteiger partial charge on any atom is -0.344 e. The van der Waals surface area contributed by atoms with E-state index in [1.165, 1.54) is 9.13 Å². The molecule has 1 atom stereocenters. The molecule has 33 heavy (non-hydrogen) atoms. The number of nitrogens with two attached hydrogens (primary N) is 1. The fraction of sp³-hybridized carbons (Fsp3) is 0.348. The van der Waals surface area contributed by atoms with Gasteiger partial charge in [-0.05, 0) is 32.0 Å². The van der Waals surface area contributed by atoms with Gasteiger partial charge in [0.05, 0.1) is 24.3 Å². The second-order valence-electron chi connectivity index (χ2n) is 8.02. The predicted molar refractivity (Wildman–Crippen MR) is 128 cm³/mol. The fourth-order valence-electron chi connectivity index (χ4n) is 3.95. The van der Waals surface area contributed by atoms with Crippen LogP contribution in [0.5, 0.6) is 0 Å². The third kappa shape index (κ3) is 3.99. The molecule has 0 bridgehead atoms. The summed E-state index contributed by atoms with van der Waals surface area (Å²) >= 11 is 0. The monoisotopic (exact) mass is 446 g/mol. The van der Waals surface area contributed by atoms with Gasteiger partial charge in [-0.2, -0.15) is 4.98 Å². The Labute approximate surface area is 190 Å². The molecule has 0 saturated carbocycles. The highest BCUT2D eigenvalue weighted by Gasteiger charge is 2.22. The normalized spacial score (nSPS) is 12.0. The average molecular weight is 447 g/mol. The van der Waals surface area contributed by atoms with Gasteiger partial charge in [-0.1, -0.05) is 5.92 Å². The number of nitrogens with zero attached hydrogens (tertiary/aromatic N) is 7. The summed E-state index contributed by atoms with van der Waals surface area (Å²) < 4.78 is 4.31. The third-order valence-corrected chi connectivity index (χ3v) is 5.45. The van der Waals surface area contributed by atoms with Gasteiger partial charge in [0.25, 0.3) is 5.56 Å². The first-order valence-electron chi connectivity index (χ1n) is 10.6. The first kappa shape index (κ1) is 22.2. The molecule has 2 N–H and O–H groups in total. The third-order valence-electron chi connectivity index (χ3n) is 5.45. The van der Waals surface area contributed by atoms with Crippen LogP contribution < -0.4 is 21.9 Å². The van der Waals surface area contributed by atoms with Crippen molar-refractivity contribution in [1.82, 2.24) is 28.7 Å². The Morgan fingerprint density at radius 3 is 2.70 bits per heavy atom. The van der Waals surface area contributed by atoms with Gasteiger partial charge in [0.2, 0.25) is 5.95 Å². The van der Waals surface area contributed by atoms with E-state index in [0.717, 1.165) is 10.9 Å². The van der Waals surface area contributed by atoms with Crippen LogP contribution in [0.2, 0.25) is 0 Å². The predicted octanol–water partition coefficient (Wildman–Crippen LogP) is 0.695. The summed E-state index contributed by atoms with van der Waals surface area (Å²) in [6, 6.07) is 5.37. The zero-order chi connectivity index (χ0) is 23.7. The summed E-state index contributed by atoms with van der Waals surface area (Å²) in [4.78, 5) is 42.1. The minimum absolute atomic E-state index is 0.0140. The number of hydrogen-bond donors (Lipinski definition) is 1. The van der Waals surface area contributed by atoms with Gasteiger partial charge in [0.15, 0.2) is 11.2 Å². The number of fused-ring (bicyclic) bond motifs is 2. The number of hydrogen-bond acceptors (Lipinski definition) is 7. The Morgan fingerprint density at radius 2 is 1.97 bits per heavy atom. The SMILES string of the molecule is CC#CCn1c(N(C)CC(C)N)nc2c1c(=O)n(Cc1nccc3ncccc13)c(=O)n2C. The molecular formula is C23H26N8O2. The Kier molecular flexibility index (Phi) is 5.98. The maximum absolute atomic E-state index is 13.6. The molecule has 0 radical (unpaired) electrons. The molecule has 0 fully saturated rings. The van der Waals surface area contributed by atoms with E-state index in [-0.39, 0.29) is 19.1 Å². The second-order valence-corrected chi connectivity index (χ2v) is 8.02. The molecule has 4 heterocycles. The average Bonchev–Trinajstić information content (AvgIpc) is 3.18. The minimum atomic E-state index is -0.470. The van der Waals surface area contributed by atoms with Crippen LogP contribution in [0.4, 0.5) is 5.95 Å². The molecule has 4 rings (SSSR count). The highest BCUT2D eigenvalue weighted by atomic mass is 16.2. The van der Waals surface area contributed by atoms with Crippen molar-refractivity contribution in [2.75, 3.05) is 18.5 Å². The van der Waals surface area contributed by atoms with Crippen LogP contribution in [0.25, 0.3) is 22.1 Å². The standard InChI is InChI=1S/C23H26N8O2/c1-5-6-12-30-19-20(27-22(30)28(3)13-15(2)24)29(4)23(33)31(21(19)32)14-18-16-8-7-10-25-17(16)9-11-26-18/h7-11,15H,12-14,24H2,1-4H3. The lowest BCUT2D eigenvalue weighted by molar-refractivity contribution is 0.647. The second kappa shape index (κ2) is 8.88. The van der Waals surface area contributed by atoms with Gasteiger partial charge < -0.3 is 10.6 Å². The van der Waals surface area contributed by atoms with Crippen LogP contribution in [0, 0.1) is 11.8 Å². The molecule has 0 aromatic carbocycles. The first-order valence-corrected chi connectivity index (χ1v) is 10.6. The van der Waals surface area contributed by atoms with E-state index in [9.17, 15) is 9.59 Å². The quantitative estimate of drug-likeness (QED) is 0.433. The van der Waals surface area contributed by atoms with E-state index in [1.54, 1.807) is 43.1 Å². The van der Waals surface area contributed by atoms with Crippen LogP contribution in [0.3, 0.4) is 0 Å². The summed E-state index contributed by atoms with van der Waals surface area (Å²) in [5.74, 6) is 6.40. The Balaban J connectivity index is 1.96. The van der Waals surface area contributed by atoms with Gasteiger partial charge in [-0.3, -0.25) is 28.5 Å². The zero-order valence-electron chi connectivity index (χ0n) is 19.1. The first-order chi connectivity index (χ1) is 15.8. The summed E-state index contributed by atoms with van der Waals surface area (Å²) in [6.07, 6.45) is 3.32. The van der Waals surface area contributed by atoms with Crippen molar-refractivity contribution >= 4 is 28.0 Å². The lowest BCUT2D eigenvalue weighted by Gasteiger charge is -2.20. The molecule has 0 saturated heterocycles. The molecular weight excluding hydrogens is 420 g/mol. The lowest BCUT2D eigenvalue weighted by Crippen LogP contribution is -2.40. The van der Waals surface area contributed by atoms with Crippen molar-refractivity contribution in [2.24, 2.45) is 12.8 Å². The molecule has 0 aliphatic heterocycles. The lowest BCUT2D eigenvalue weighted by atomic mass is 10.2. The number of pyridine rings is 2. The molecule has 10 heteroatoms. The Hall–Kier alpha value is -3.97. The number of anilines is 1. The summed E-state index contributed by atoms with van der Waals surface area (Å²) in [5, 5.41) is 0.789. The maximum atomic E-state index is 13.6. The van der Waals surface area contributed by atoms with Crippen LogP contribution in [0.15, 0.2) is 40.2 Å². The van der Waals surface area contributed by atoms with Gasteiger partial charge in [-0.15, -0.1) is 5.92 Å². The fourth-order valence-corrected chi connectivity index (χ4v) is 3.95. The zero-order valence-corrected chi connectivity index (χ0v) is 19.1. The van der Waals surface area contributed by atoms with Gasteiger partial charge in [-0.25, -0.2) is 4.79 Å². The molecule has 1 unspecified atom stereocenters. The van der Waals surface area contributed by atoms with Crippen molar-refractivity contribution in [2.45, 2.75) is 33.0 Å². The Morgan fingerprint density at radius 1 is 1.18 bits per heavy atom. The highest BCUT2D eigenvalue weighted by molar-refractivity contribution is 5.80. The van der Waals surface area contributed by atoms with E-state index < -0.39 is 11.2 Å². The Bertz CT molecular complexity index is 1510.